The van der Waals surface area contributed by atoms with Crippen LogP contribution in [0.15, 0.2) is 42.5 Å². The van der Waals surface area contributed by atoms with Gasteiger partial charge in [-0.3, -0.25) is 9.69 Å². The highest BCUT2D eigenvalue weighted by molar-refractivity contribution is 6.33. The summed E-state index contributed by atoms with van der Waals surface area (Å²) in [5.74, 6) is 0.908. The number of amides is 1. The Morgan fingerprint density at radius 2 is 2.00 bits per heavy atom. The van der Waals surface area contributed by atoms with Crippen LogP contribution in [-0.2, 0) is 0 Å². The summed E-state index contributed by atoms with van der Waals surface area (Å²) in [6.45, 7) is 2.12. The second-order valence-electron chi connectivity index (χ2n) is 8.10. The van der Waals surface area contributed by atoms with E-state index in [2.05, 4.69) is 40.5 Å². The third-order valence-electron chi connectivity index (χ3n) is 6.31. The van der Waals surface area contributed by atoms with Gasteiger partial charge in [-0.2, -0.15) is 0 Å². The molecule has 2 saturated heterocycles. The number of halogens is 1. The molecule has 0 radical (unpaired) electrons. The number of ether oxygens (including phenoxy) is 1. The molecule has 2 aromatic carbocycles. The lowest BCUT2D eigenvalue weighted by Crippen LogP contribution is -2.52. The predicted molar refractivity (Wildman–Crippen MR) is 117 cm³/mol. The van der Waals surface area contributed by atoms with E-state index >= 15 is 0 Å². The maximum absolute atomic E-state index is 12.8. The van der Waals surface area contributed by atoms with Gasteiger partial charge < -0.3 is 15.8 Å². The van der Waals surface area contributed by atoms with E-state index in [-0.39, 0.29) is 11.9 Å². The molecule has 6 heteroatoms. The zero-order valence-corrected chi connectivity index (χ0v) is 17.5. The number of nitrogen functional groups attached to an aromatic ring is 1. The van der Waals surface area contributed by atoms with Crippen molar-refractivity contribution in [3.8, 4) is 5.75 Å². The Labute approximate surface area is 177 Å². The molecule has 1 amide bonds. The largest absolute Gasteiger partial charge is 0.496 e. The number of nitrogens with zero attached hydrogens (tertiary/aromatic N) is 1. The summed E-state index contributed by atoms with van der Waals surface area (Å²) < 4.78 is 5.32. The molecule has 2 aliphatic heterocycles. The number of carbonyl (C=O) groups is 1. The highest BCUT2D eigenvalue weighted by atomic mass is 35.5. The summed E-state index contributed by atoms with van der Waals surface area (Å²) in [6.07, 6.45) is 4.31. The van der Waals surface area contributed by atoms with Crippen LogP contribution < -0.4 is 15.8 Å². The molecule has 154 valence electrons. The number of nitrogens with one attached hydrogen (secondary N) is 1. The fourth-order valence-electron chi connectivity index (χ4n) is 4.72. The van der Waals surface area contributed by atoms with Gasteiger partial charge in [-0.25, -0.2) is 0 Å². The van der Waals surface area contributed by atoms with Gasteiger partial charge in [0.25, 0.3) is 5.91 Å². The Bertz CT molecular complexity index is 874. The van der Waals surface area contributed by atoms with Gasteiger partial charge >= 0.3 is 0 Å². The van der Waals surface area contributed by atoms with Gasteiger partial charge in [0.15, 0.2) is 0 Å². The number of fused-ring (bicyclic) bond motifs is 1. The number of carbonyl (C=O) groups excluding carboxylic acids is 1. The van der Waals surface area contributed by atoms with Gasteiger partial charge in [-0.05, 0) is 43.2 Å². The number of hydrogen-bond acceptors (Lipinski definition) is 4. The molecule has 2 fully saturated rings. The second-order valence-corrected chi connectivity index (χ2v) is 8.51. The van der Waals surface area contributed by atoms with Crippen molar-refractivity contribution in [2.75, 3.05) is 25.9 Å². The first-order valence-corrected chi connectivity index (χ1v) is 10.7. The summed E-state index contributed by atoms with van der Waals surface area (Å²) in [5.41, 5.74) is 8.10. The van der Waals surface area contributed by atoms with Gasteiger partial charge in [0.1, 0.15) is 5.75 Å². The summed E-state index contributed by atoms with van der Waals surface area (Å²) >= 11 is 6.12. The molecule has 5 nitrogen and oxygen atoms in total. The summed E-state index contributed by atoms with van der Waals surface area (Å²) in [6, 6.07) is 14.7. The fraction of sp³-hybridized carbons (Fsp3) is 0.435. The van der Waals surface area contributed by atoms with E-state index in [0.717, 1.165) is 25.9 Å². The summed E-state index contributed by atoms with van der Waals surface area (Å²) in [4.78, 5) is 15.5. The van der Waals surface area contributed by atoms with Crippen LogP contribution in [0.4, 0.5) is 5.69 Å². The van der Waals surface area contributed by atoms with E-state index in [1.807, 2.05) is 0 Å². The lowest BCUT2D eigenvalue weighted by molar-refractivity contribution is 0.0704. The number of rotatable bonds is 4. The van der Waals surface area contributed by atoms with Crippen molar-refractivity contribution in [2.45, 2.75) is 43.7 Å². The van der Waals surface area contributed by atoms with Crippen LogP contribution in [0.5, 0.6) is 5.75 Å². The molecule has 3 N–H and O–H groups in total. The molecule has 2 heterocycles. The molecule has 0 aromatic heterocycles. The highest BCUT2D eigenvalue weighted by Crippen LogP contribution is 2.34. The van der Waals surface area contributed by atoms with Crippen molar-refractivity contribution in [1.29, 1.82) is 0 Å². The van der Waals surface area contributed by atoms with Crippen LogP contribution in [0.3, 0.4) is 0 Å². The van der Waals surface area contributed by atoms with Gasteiger partial charge in [-0.1, -0.05) is 41.9 Å². The third kappa shape index (κ3) is 4.36. The Hall–Kier alpha value is -2.24. The fourth-order valence-corrected chi connectivity index (χ4v) is 4.88. The number of benzene rings is 2. The number of piperidine rings is 2. The first-order valence-electron chi connectivity index (χ1n) is 10.3. The lowest BCUT2D eigenvalue weighted by atomic mass is 9.82. The average molecular weight is 414 g/mol. The molecule has 0 bridgehead atoms. The van der Waals surface area contributed by atoms with Gasteiger partial charge in [0.05, 0.1) is 23.4 Å². The van der Waals surface area contributed by atoms with Crippen LogP contribution >= 0.6 is 11.6 Å². The van der Waals surface area contributed by atoms with Crippen LogP contribution in [-0.4, -0.2) is 43.1 Å². The zero-order valence-electron chi connectivity index (χ0n) is 16.7. The van der Waals surface area contributed by atoms with E-state index in [9.17, 15) is 4.79 Å². The van der Waals surface area contributed by atoms with E-state index in [1.165, 1.54) is 25.5 Å². The average Bonchev–Trinajstić information content (AvgIpc) is 2.75. The zero-order chi connectivity index (χ0) is 20.4. The van der Waals surface area contributed by atoms with Crippen LogP contribution in [0.2, 0.25) is 5.02 Å². The molecule has 0 saturated carbocycles. The van der Waals surface area contributed by atoms with E-state index in [0.29, 0.717) is 34.0 Å². The van der Waals surface area contributed by atoms with E-state index < -0.39 is 0 Å². The normalized spacial score (nSPS) is 24.6. The molecule has 4 rings (SSSR count). The van der Waals surface area contributed by atoms with Crippen molar-refractivity contribution in [3.05, 3.63) is 58.6 Å². The third-order valence-corrected chi connectivity index (χ3v) is 6.64. The van der Waals surface area contributed by atoms with Gasteiger partial charge in [0.2, 0.25) is 0 Å². The van der Waals surface area contributed by atoms with Crippen molar-refractivity contribution in [1.82, 2.24) is 10.2 Å². The Balaban J connectivity index is 1.38. The quantitative estimate of drug-likeness (QED) is 0.741. The maximum Gasteiger partial charge on any atom is 0.255 e. The summed E-state index contributed by atoms with van der Waals surface area (Å²) in [7, 11) is 1.53. The SMILES string of the molecule is COc1cc(N)c(Cl)cc1C(=O)NC1CCN2C[C@H](c3ccccc3)CCC2C1. The van der Waals surface area contributed by atoms with E-state index in [4.69, 9.17) is 22.1 Å². The topological polar surface area (TPSA) is 67.6 Å². The molecular weight excluding hydrogens is 386 g/mol. The number of nitrogens with two attached hydrogens (primary N) is 1. The molecule has 3 atom stereocenters. The number of hydrogen-bond donors (Lipinski definition) is 2. The monoisotopic (exact) mass is 413 g/mol. The smallest absolute Gasteiger partial charge is 0.255 e. The Morgan fingerprint density at radius 1 is 1.21 bits per heavy atom. The molecule has 2 aromatic rings. The molecule has 29 heavy (non-hydrogen) atoms. The van der Waals surface area contributed by atoms with Gasteiger partial charge in [0, 0.05) is 31.2 Å². The maximum atomic E-state index is 12.8. The Kier molecular flexibility index (Phi) is 5.97. The van der Waals surface area contributed by atoms with Crippen LogP contribution in [0, 0.1) is 0 Å². The van der Waals surface area contributed by atoms with E-state index in [1.54, 1.807) is 12.1 Å². The highest BCUT2D eigenvalue weighted by Gasteiger charge is 2.34. The van der Waals surface area contributed by atoms with Crippen molar-refractivity contribution >= 4 is 23.2 Å². The molecule has 0 spiro atoms. The minimum atomic E-state index is -0.153. The second kappa shape index (κ2) is 8.64. The molecule has 2 aliphatic rings. The minimum absolute atomic E-state index is 0.153. The minimum Gasteiger partial charge on any atom is -0.496 e. The predicted octanol–water partition coefficient (Wildman–Crippen LogP) is 4.07. The van der Waals surface area contributed by atoms with Gasteiger partial charge in [-0.15, -0.1) is 0 Å². The van der Waals surface area contributed by atoms with Crippen molar-refractivity contribution < 1.29 is 9.53 Å². The molecule has 0 aliphatic carbocycles. The first kappa shape index (κ1) is 20.0. The first-order chi connectivity index (χ1) is 14.0. The molecule has 2 unspecified atom stereocenters. The number of methoxy groups -OCH3 is 1. The van der Waals surface area contributed by atoms with Crippen molar-refractivity contribution in [2.24, 2.45) is 0 Å². The summed E-state index contributed by atoms with van der Waals surface area (Å²) in [5, 5.41) is 3.55. The van der Waals surface area contributed by atoms with Crippen molar-refractivity contribution in [3.63, 3.8) is 0 Å². The number of anilines is 1. The lowest BCUT2D eigenvalue weighted by Gasteiger charge is -2.45. The van der Waals surface area contributed by atoms with Crippen LogP contribution in [0.25, 0.3) is 0 Å². The molecular formula is C23H28ClN3O2. The van der Waals surface area contributed by atoms with Crippen LogP contribution in [0.1, 0.15) is 47.5 Å². The standard InChI is InChI=1S/C23H28ClN3O2/c1-29-22-13-21(25)20(24)12-19(22)23(28)26-17-9-10-27-14-16(7-8-18(27)11-17)15-5-3-2-4-6-15/h2-6,12-13,16-18H,7-11,14,25H2,1H3,(H,26,28)/t16-,17?,18?/m1/s1. The Morgan fingerprint density at radius 3 is 2.76 bits per heavy atom.